The minimum atomic E-state index is 0.0560. The van der Waals surface area contributed by atoms with E-state index in [1.165, 1.54) is 5.56 Å². The molecule has 0 saturated heterocycles. The average Bonchev–Trinajstić information content (AvgIpc) is 2.60. The van der Waals surface area contributed by atoms with Crippen molar-refractivity contribution in [2.24, 2.45) is 0 Å². The summed E-state index contributed by atoms with van der Waals surface area (Å²) in [6.07, 6.45) is 1.79. The Morgan fingerprint density at radius 3 is 2.65 bits per heavy atom. The highest BCUT2D eigenvalue weighted by atomic mass is 79.9. The Morgan fingerprint density at radius 2 is 2.06 bits per heavy atom. The molecule has 0 aliphatic carbocycles. The molecule has 0 saturated carbocycles. The number of hydrogen-bond donors (Lipinski definition) is 1. The number of rotatable bonds is 2. The number of halogens is 1. The summed E-state index contributed by atoms with van der Waals surface area (Å²) in [5, 5.41) is 9.04. The van der Waals surface area contributed by atoms with Crippen molar-refractivity contribution in [1.82, 2.24) is 9.55 Å². The fourth-order valence-electron chi connectivity index (χ4n) is 1.99. The highest BCUT2D eigenvalue weighted by Crippen LogP contribution is 2.32. The molecular formula is C13H17BrN2O. The lowest BCUT2D eigenvalue weighted by molar-refractivity contribution is 0.278. The van der Waals surface area contributed by atoms with Crippen molar-refractivity contribution in [3.05, 3.63) is 28.5 Å². The molecule has 0 amide bonds. The van der Waals surface area contributed by atoms with Crippen LogP contribution in [0.5, 0.6) is 0 Å². The minimum Gasteiger partial charge on any atom is -0.395 e. The van der Waals surface area contributed by atoms with Crippen molar-refractivity contribution in [3.63, 3.8) is 0 Å². The van der Waals surface area contributed by atoms with Gasteiger partial charge in [-0.1, -0.05) is 36.7 Å². The summed E-state index contributed by atoms with van der Waals surface area (Å²) in [6.45, 7) is 7.25. The molecule has 3 nitrogen and oxygen atoms in total. The number of benzene rings is 1. The van der Waals surface area contributed by atoms with Crippen LogP contribution >= 0.6 is 15.9 Å². The largest absolute Gasteiger partial charge is 0.395 e. The highest BCUT2D eigenvalue weighted by Gasteiger charge is 2.20. The maximum atomic E-state index is 9.04. The zero-order chi connectivity index (χ0) is 12.6. The van der Waals surface area contributed by atoms with E-state index >= 15 is 0 Å². The Morgan fingerprint density at radius 1 is 1.35 bits per heavy atom. The Labute approximate surface area is 110 Å². The summed E-state index contributed by atoms with van der Waals surface area (Å²) in [7, 11) is 0. The summed E-state index contributed by atoms with van der Waals surface area (Å²) in [5.74, 6) is 0. The number of nitrogens with zero attached hydrogens (tertiary/aromatic N) is 2. The number of hydrogen-bond acceptors (Lipinski definition) is 2. The van der Waals surface area contributed by atoms with E-state index in [1.807, 2.05) is 10.6 Å². The Kier molecular flexibility index (Phi) is 3.27. The van der Waals surface area contributed by atoms with Crippen LogP contribution in [0.15, 0.2) is 22.9 Å². The predicted molar refractivity (Wildman–Crippen MR) is 73.2 cm³/mol. The second kappa shape index (κ2) is 4.42. The van der Waals surface area contributed by atoms with Crippen LogP contribution in [-0.2, 0) is 12.0 Å². The van der Waals surface area contributed by atoms with Crippen molar-refractivity contribution in [1.29, 1.82) is 0 Å². The third kappa shape index (κ3) is 2.38. The molecule has 0 spiro atoms. The number of imidazole rings is 1. The van der Waals surface area contributed by atoms with Gasteiger partial charge >= 0.3 is 0 Å². The van der Waals surface area contributed by atoms with Crippen molar-refractivity contribution < 1.29 is 5.11 Å². The van der Waals surface area contributed by atoms with E-state index in [0.29, 0.717) is 6.54 Å². The second-order valence-corrected chi connectivity index (χ2v) is 6.15. The van der Waals surface area contributed by atoms with Gasteiger partial charge in [-0.3, -0.25) is 0 Å². The standard InChI is InChI=1S/C13H17BrN2O/c1-13(2,3)10-6-9(14)7-11-12(10)15-8-16(11)4-5-17/h6-8,17H,4-5H2,1-3H3. The third-order valence-corrected chi connectivity index (χ3v) is 3.30. The molecular weight excluding hydrogens is 280 g/mol. The molecule has 0 aliphatic rings. The lowest BCUT2D eigenvalue weighted by Crippen LogP contribution is -2.12. The van der Waals surface area contributed by atoms with Crippen LogP contribution in [-0.4, -0.2) is 21.3 Å². The highest BCUT2D eigenvalue weighted by molar-refractivity contribution is 9.10. The summed E-state index contributed by atoms with van der Waals surface area (Å²) < 4.78 is 3.03. The third-order valence-electron chi connectivity index (χ3n) is 2.84. The van der Waals surface area contributed by atoms with Gasteiger partial charge in [-0.25, -0.2) is 4.98 Å². The summed E-state index contributed by atoms with van der Waals surface area (Å²) >= 11 is 3.54. The van der Waals surface area contributed by atoms with Gasteiger partial charge in [-0.05, 0) is 23.1 Å². The molecule has 17 heavy (non-hydrogen) atoms. The molecule has 1 N–H and O–H groups in total. The fraction of sp³-hybridized carbons (Fsp3) is 0.462. The van der Waals surface area contributed by atoms with Crippen molar-refractivity contribution in [2.75, 3.05) is 6.61 Å². The predicted octanol–water partition coefficient (Wildman–Crippen LogP) is 3.09. The summed E-state index contributed by atoms with van der Waals surface area (Å²) in [4.78, 5) is 4.48. The lowest BCUT2D eigenvalue weighted by Gasteiger charge is -2.20. The second-order valence-electron chi connectivity index (χ2n) is 5.23. The molecule has 1 aromatic carbocycles. The topological polar surface area (TPSA) is 38.0 Å². The van der Waals surface area contributed by atoms with Gasteiger partial charge in [-0.2, -0.15) is 0 Å². The molecule has 0 unspecified atom stereocenters. The summed E-state index contributed by atoms with van der Waals surface area (Å²) in [5.41, 5.74) is 3.37. The van der Waals surface area contributed by atoms with E-state index in [4.69, 9.17) is 5.11 Å². The van der Waals surface area contributed by atoms with Crippen molar-refractivity contribution in [3.8, 4) is 0 Å². The summed E-state index contributed by atoms with van der Waals surface area (Å²) in [6, 6.07) is 4.17. The molecule has 1 aromatic heterocycles. The van der Waals surface area contributed by atoms with E-state index in [2.05, 4.69) is 47.8 Å². The van der Waals surface area contributed by atoms with Crippen LogP contribution in [0.4, 0.5) is 0 Å². The molecule has 0 aliphatic heterocycles. The zero-order valence-corrected chi connectivity index (χ0v) is 12.0. The monoisotopic (exact) mass is 296 g/mol. The van der Waals surface area contributed by atoms with Gasteiger partial charge in [0.05, 0.1) is 24.0 Å². The van der Waals surface area contributed by atoms with Gasteiger partial charge in [0, 0.05) is 11.0 Å². The fourth-order valence-corrected chi connectivity index (χ4v) is 2.43. The number of aliphatic hydroxyl groups is 1. The number of aromatic nitrogens is 2. The molecule has 1 heterocycles. The van der Waals surface area contributed by atoms with Gasteiger partial charge in [0.25, 0.3) is 0 Å². The van der Waals surface area contributed by atoms with Crippen LogP contribution < -0.4 is 0 Å². The Bertz CT molecular complexity index is 540. The van der Waals surface area contributed by atoms with Crippen LogP contribution in [0.2, 0.25) is 0 Å². The Balaban J connectivity index is 2.70. The van der Waals surface area contributed by atoms with E-state index in [1.54, 1.807) is 6.33 Å². The van der Waals surface area contributed by atoms with Gasteiger partial charge in [0.2, 0.25) is 0 Å². The minimum absolute atomic E-state index is 0.0560. The van der Waals surface area contributed by atoms with Crippen LogP contribution in [0, 0.1) is 0 Å². The van der Waals surface area contributed by atoms with Crippen LogP contribution in [0.3, 0.4) is 0 Å². The normalized spacial score (nSPS) is 12.3. The molecule has 2 aromatic rings. The zero-order valence-electron chi connectivity index (χ0n) is 10.4. The number of fused-ring (bicyclic) bond motifs is 1. The smallest absolute Gasteiger partial charge is 0.0959 e. The molecule has 2 rings (SSSR count). The van der Waals surface area contributed by atoms with Gasteiger partial charge in [-0.15, -0.1) is 0 Å². The first kappa shape index (κ1) is 12.6. The van der Waals surface area contributed by atoms with E-state index < -0.39 is 0 Å². The van der Waals surface area contributed by atoms with Crippen LogP contribution in [0.25, 0.3) is 11.0 Å². The first-order valence-corrected chi connectivity index (χ1v) is 6.48. The SMILES string of the molecule is CC(C)(C)c1cc(Br)cc2c1ncn2CCO. The first-order valence-electron chi connectivity index (χ1n) is 5.69. The molecule has 0 bridgehead atoms. The van der Waals surface area contributed by atoms with Gasteiger partial charge in [0.15, 0.2) is 0 Å². The van der Waals surface area contributed by atoms with Gasteiger partial charge in [0.1, 0.15) is 0 Å². The number of aliphatic hydroxyl groups excluding tert-OH is 1. The molecule has 0 atom stereocenters. The molecule has 0 radical (unpaired) electrons. The average molecular weight is 297 g/mol. The lowest BCUT2D eigenvalue weighted by atomic mass is 9.86. The van der Waals surface area contributed by atoms with Crippen molar-refractivity contribution >= 4 is 27.0 Å². The Hall–Kier alpha value is -0.870. The van der Waals surface area contributed by atoms with E-state index in [9.17, 15) is 0 Å². The van der Waals surface area contributed by atoms with Crippen molar-refractivity contribution in [2.45, 2.75) is 32.7 Å². The molecule has 4 heteroatoms. The molecule has 92 valence electrons. The maximum Gasteiger partial charge on any atom is 0.0959 e. The quantitative estimate of drug-likeness (QED) is 0.925. The van der Waals surface area contributed by atoms with Crippen LogP contribution in [0.1, 0.15) is 26.3 Å². The maximum absolute atomic E-state index is 9.04. The van der Waals surface area contributed by atoms with E-state index in [-0.39, 0.29) is 12.0 Å². The van der Waals surface area contributed by atoms with E-state index in [0.717, 1.165) is 15.5 Å². The van der Waals surface area contributed by atoms with Gasteiger partial charge < -0.3 is 9.67 Å². The first-order chi connectivity index (χ1) is 7.93. The molecule has 0 fully saturated rings.